The second-order valence-electron chi connectivity index (χ2n) is 3.51. The van der Waals surface area contributed by atoms with E-state index in [4.69, 9.17) is 5.11 Å². The van der Waals surface area contributed by atoms with Crippen LogP contribution in [0.2, 0.25) is 0 Å². The van der Waals surface area contributed by atoms with Gasteiger partial charge in [0.25, 0.3) is 0 Å². The van der Waals surface area contributed by atoms with Gasteiger partial charge in [0.05, 0.1) is 0 Å². The average Bonchev–Trinajstić information content (AvgIpc) is 2.73. The van der Waals surface area contributed by atoms with E-state index in [0.29, 0.717) is 0 Å². The molecule has 0 saturated carbocycles. The summed E-state index contributed by atoms with van der Waals surface area (Å²) in [5.41, 5.74) is 0.126. The van der Waals surface area contributed by atoms with Crippen LogP contribution in [0.1, 0.15) is 27.0 Å². The Hall–Kier alpha value is -1.82. The van der Waals surface area contributed by atoms with Gasteiger partial charge < -0.3 is 5.11 Å². The summed E-state index contributed by atoms with van der Waals surface area (Å²) >= 11 is 0.221. The van der Waals surface area contributed by atoms with E-state index < -0.39 is 17.0 Å². The average molecular weight is 288 g/mol. The molecule has 1 aromatic rings. The SMILES string of the molecule is C=C/C=C(\C=C/C)c1cc(C(=O)O)sc1C(F)(F)F. The zero-order valence-electron chi connectivity index (χ0n) is 9.99. The van der Waals surface area contributed by atoms with Crippen LogP contribution in [0.4, 0.5) is 13.2 Å². The minimum atomic E-state index is -4.59. The van der Waals surface area contributed by atoms with Crippen molar-refractivity contribution in [3.63, 3.8) is 0 Å². The summed E-state index contributed by atoms with van der Waals surface area (Å²) in [5, 5.41) is 8.82. The van der Waals surface area contributed by atoms with Gasteiger partial charge in [0.1, 0.15) is 9.75 Å². The summed E-state index contributed by atoms with van der Waals surface area (Å²) in [6, 6.07) is 1.03. The summed E-state index contributed by atoms with van der Waals surface area (Å²) in [7, 11) is 0. The first-order valence-corrected chi connectivity index (χ1v) is 6.03. The number of alkyl halides is 3. The molecule has 1 aromatic heterocycles. The molecule has 0 aliphatic heterocycles. The van der Waals surface area contributed by atoms with Crippen molar-refractivity contribution in [2.75, 3.05) is 0 Å². The summed E-state index contributed by atoms with van der Waals surface area (Å²) < 4.78 is 38.7. The molecule has 0 bridgehead atoms. The molecule has 0 saturated heterocycles. The Bertz CT molecular complexity index is 551. The van der Waals surface area contributed by atoms with Gasteiger partial charge in [-0.15, -0.1) is 11.3 Å². The van der Waals surface area contributed by atoms with Crippen LogP contribution in [0.15, 0.2) is 36.9 Å². The lowest BCUT2D eigenvalue weighted by atomic mass is 10.0. The van der Waals surface area contributed by atoms with E-state index in [0.717, 1.165) is 6.07 Å². The fourth-order valence-electron chi connectivity index (χ4n) is 1.46. The molecule has 0 aliphatic rings. The molecule has 0 radical (unpaired) electrons. The van der Waals surface area contributed by atoms with Gasteiger partial charge in [-0.05, 0) is 18.6 Å². The standard InChI is InChI=1S/C13H11F3O2S/c1-3-5-8(6-4-2)9-7-10(12(17)18)19-11(9)13(14,15)16/h3-7H,1H2,2H3,(H,17,18)/b6-4-,8-5+. The predicted molar refractivity (Wildman–Crippen MR) is 69.3 cm³/mol. The molecule has 19 heavy (non-hydrogen) atoms. The second kappa shape index (κ2) is 5.88. The lowest BCUT2D eigenvalue weighted by Gasteiger charge is -2.07. The van der Waals surface area contributed by atoms with Crippen molar-refractivity contribution < 1.29 is 23.1 Å². The lowest BCUT2D eigenvalue weighted by molar-refractivity contribution is -0.134. The molecule has 0 spiro atoms. The minimum Gasteiger partial charge on any atom is -0.477 e. The molecule has 0 fully saturated rings. The van der Waals surface area contributed by atoms with Crippen molar-refractivity contribution in [1.82, 2.24) is 0 Å². The zero-order chi connectivity index (χ0) is 14.6. The largest absolute Gasteiger partial charge is 0.477 e. The maximum absolute atomic E-state index is 12.9. The number of aromatic carboxylic acids is 1. The van der Waals surface area contributed by atoms with E-state index in [1.807, 2.05) is 0 Å². The van der Waals surface area contributed by atoms with Crippen LogP contribution in [0.5, 0.6) is 0 Å². The highest BCUT2D eigenvalue weighted by Crippen LogP contribution is 2.41. The molecule has 0 aliphatic carbocycles. The van der Waals surface area contributed by atoms with Gasteiger partial charge in [0, 0.05) is 5.56 Å². The number of hydrogen-bond acceptors (Lipinski definition) is 2. The van der Waals surface area contributed by atoms with Crippen LogP contribution in [0, 0.1) is 0 Å². The van der Waals surface area contributed by atoms with Gasteiger partial charge >= 0.3 is 12.1 Å². The maximum atomic E-state index is 12.9. The Kier molecular flexibility index (Phi) is 4.72. The Labute approximate surface area is 112 Å². The second-order valence-corrected chi connectivity index (χ2v) is 4.57. The van der Waals surface area contributed by atoms with Crippen molar-refractivity contribution >= 4 is 22.9 Å². The number of carboxylic acid groups (broad SMARTS) is 1. The Balaban J connectivity index is 3.51. The summed E-state index contributed by atoms with van der Waals surface area (Å²) in [5.74, 6) is -1.37. The van der Waals surface area contributed by atoms with Crippen LogP contribution in [0.25, 0.3) is 5.57 Å². The topological polar surface area (TPSA) is 37.3 Å². The van der Waals surface area contributed by atoms with Crippen molar-refractivity contribution in [3.8, 4) is 0 Å². The number of carbonyl (C=O) groups is 1. The van der Waals surface area contributed by atoms with Gasteiger partial charge in [-0.3, -0.25) is 0 Å². The Morgan fingerprint density at radius 1 is 1.47 bits per heavy atom. The first-order chi connectivity index (χ1) is 8.81. The Morgan fingerprint density at radius 3 is 2.53 bits per heavy atom. The van der Waals surface area contributed by atoms with Gasteiger partial charge in [0.2, 0.25) is 0 Å². The van der Waals surface area contributed by atoms with Crippen molar-refractivity contribution in [2.45, 2.75) is 13.1 Å². The zero-order valence-corrected chi connectivity index (χ0v) is 10.8. The first kappa shape index (κ1) is 15.2. The molecular weight excluding hydrogens is 277 g/mol. The highest BCUT2D eigenvalue weighted by molar-refractivity contribution is 7.14. The third kappa shape index (κ3) is 3.57. The molecule has 1 N–H and O–H groups in total. The molecule has 0 unspecified atom stereocenters. The van der Waals surface area contributed by atoms with Gasteiger partial charge in [0.15, 0.2) is 0 Å². The van der Waals surface area contributed by atoms with Crippen LogP contribution in [-0.2, 0) is 6.18 Å². The Morgan fingerprint density at radius 2 is 2.11 bits per heavy atom. The van der Waals surface area contributed by atoms with E-state index in [1.54, 1.807) is 13.0 Å². The molecule has 2 nitrogen and oxygen atoms in total. The molecule has 0 amide bonds. The summed E-state index contributed by atoms with van der Waals surface area (Å²) in [4.78, 5) is 9.55. The van der Waals surface area contributed by atoms with Crippen LogP contribution < -0.4 is 0 Å². The van der Waals surface area contributed by atoms with Gasteiger partial charge in [-0.2, -0.15) is 13.2 Å². The van der Waals surface area contributed by atoms with Crippen LogP contribution >= 0.6 is 11.3 Å². The highest BCUT2D eigenvalue weighted by atomic mass is 32.1. The molecule has 1 heterocycles. The molecule has 1 rings (SSSR count). The van der Waals surface area contributed by atoms with Crippen molar-refractivity contribution in [2.24, 2.45) is 0 Å². The van der Waals surface area contributed by atoms with Crippen molar-refractivity contribution in [3.05, 3.63) is 52.3 Å². The molecule has 6 heteroatoms. The molecule has 102 valence electrons. The number of thiophene rings is 1. The van der Waals surface area contributed by atoms with E-state index in [-0.39, 0.29) is 27.4 Å². The summed E-state index contributed by atoms with van der Waals surface area (Å²) in [6.07, 6.45) is 1.23. The fourth-order valence-corrected chi connectivity index (χ4v) is 2.35. The van der Waals surface area contributed by atoms with Crippen LogP contribution in [-0.4, -0.2) is 11.1 Å². The molecule has 0 atom stereocenters. The number of halogens is 3. The fraction of sp³-hybridized carbons (Fsp3) is 0.154. The number of allylic oxidation sites excluding steroid dienone is 5. The number of hydrogen-bond donors (Lipinski definition) is 1. The van der Waals surface area contributed by atoms with E-state index in [1.165, 1.54) is 18.2 Å². The van der Waals surface area contributed by atoms with Gasteiger partial charge in [-0.25, -0.2) is 4.79 Å². The predicted octanol–water partition coefficient (Wildman–Crippen LogP) is 4.61. The molecular formula is C13H11F3O2S. The van der Waals surface area contributed by atoms with E-state index >= 15 is 0 Å². The smallest absolute Gasteiger partial charge is 0.426 e. The first-order valence-electron chi connectivity index (χ1n) is 5.21. The number of rotatable bonds is 4. The molecule has 0 aromatic carbocycles. The van der Waals surface area contributed by atoms with E-state index in [2.05, 4.69) is 6.58 Å². The van der Waals surface area contributed by atoms with E-state index in [9.17, 15) is 18.0 Å². The summed E-state index contributed by atoms with van der Waals surface area (Å²) in [6.45, 7) is 5.10. The lowest BCUT2D eigenvalue weighted by Crippen LogP contribution is -2.04. The van der Waals surface area contributed by atoms with Crippen LogP contribution in [0.3, 0.4) is 0 Å². The number of carboxylic acids is 1. The maximum Gasteiger partial charge on any atom is 0.426 e. The van der Waals surface area contributed by atoms with Gasteiger partial charge in [-0.1, -0.05) is 30.9 Å². The third-order valence-electron chi connectivity index (χ3n) is 2.15. The normalized spacial score (nSPS) is 12.9. The monoisotopic (exact) mass is 288 g/mol. The van der Waals surface area contributed by atoms with Crippen molar-refractivity contribution in [1.29, 1.82) is 0 Å². The quantitative estimate of drug-likeness (QED) is 0.821. The minimum absolute atomic E-state index is 0.145. The third-order valence-corrected chi connectivity index (χ3v) is 3.32. The highest BCUT2D eigenvalue weighted by Gasteiger charge is 2.37.